The summed E-state index contributed by atoms with van der Waals surface area (Å²) in [7, 11) is 1.66. The van der Waals surface area contributed by atoms with E-state index in [-0.39, 0.29) is 5.82 Å². The van der Waals surface area contributed by atoms with Gasteiger partial charge in [-0.1, -0.05) is 23.7 Å². The molecule has 0 radical (unpaired) electrons. The van der Waals surface area contributed by atoms with Gasteiger partial charge in [0.25, 0.3) is 0 Å². The quantitative estimate of drug-likeness (QED) is 0.881. The van der Waals surface area contributed by atoms with Crippen LogP contribution in [0.15, 0.2) is 30.3 Å². The highest BCUT2D eigenvalue weighted by molar-refractivity contribution is 6.31. The van der Waals surface area contributed by atoms with Crippen molar-refractivity contribution in [2.45, 2.75) is 20.4 Å². The van der Waals surface area contributed by atoms with E-state index in [0.717, 1.165) is 28.1 Å². The smallest absolute Gasteiger partial charge is 0.126 e. The first-order valence-electron chi connectivity index (χ1n) is 6.35. The van der Waals surface area contributed by atoms with Crippen molar-refractivity contribution >= 4 is 17.3 Å². The van der Waals surface area contributed by atoms with Crippen molar-refractivity contribution in [1.29, 1.82) is 0 Å². The number of nitrogens with one attached hydrogen (secondary N) is 1. The molecule has 0 aromatic heterocycles. The van der Waals surface area contributed by atoms with E-state index in [2.05, 4.69) is 5.32 Å². The van der Waals surface area contributed by atoms with Gasteiger partial charge in [0.2, 0.25) is 0 Å². The molecule has 2 aromatic rings. The lowest BCUT2D eigenvalue weighted by Gasteiger charge is -2.15. The topological polar surface area (TPSA) is 21.3 Å². The maximum Gasteiger partial charge on any atom is 0.126 e. The van der Waals surface area contributed by atoms with E-state index in [0.29, 0.717) is 11.6 Å². The molecule has 2 aromatic carbocycles. The Morgan fingerprint density at radius 2 is 1.95 bits per heavy atom. The predicted molar refractivity (Wildman–Crippen MR) is 81.2 cm³/mol. The molecule has 0 unspecified atom stereocenters. The molecule has 0 heterocycles. The van der Waals surface area contributed by atoms with Crippen molar-refractivity contribution in [3.05, 3.63) is 57.9 Å². The highest BCUT2D eigenvalue weighted by Crippen LogP contribution is 2.29. The molecule has 0 aliphatic rings. The Balaban J connectivity index is 2.19. The van der Waals surface area contributed by atoms with Crippen molar-refractivity contribution in [3.63, 3.8) is 0 Å². The highest BCUT2D eigenvalue weighted by Gasteiger charge is 2.08. The number of hydrogen-bond acceptors (Lipinski definition) is 2. The maximum atomic E-state index is 13.0. The third-order valence-electron chi connectivity index (χ3n) is 3.29. The van der Waals surface area contributed by atoms with E-state index >= 15 is 0 Å². The van der Waals surface area contributed by atoms with E-state index in [4.69, 9.17) is 16.3 Å². The molecule has 20 heavy (non-hydrogen) atoms. The number of ether oxygens (including phenoxy) is 1. The molecule has 0 atom stereocenters. The maximum absolute atomic E-state index is 13.0. The van der Waals surface area contributed by atoms with Crippen molar-refractivity contribution in [2.75, 3.05) is 12.4 Å². The number of rotatable bonds is 4. The second kappa shape index (κ2) is 6.14. The molecule has 2 nitrogen and oxygen atoms in total. The summed E-state index contributed by atoms with van der Waals surface area (Å²) in [6.45, 7) is 4.54. The first-order chi connectivity index (χ1) is 9.52. The zero-order chi connectivity index (χ0) is 14.7. The summed E-state index contributed by atoms with van der Waals surface area (Å²) < 4.78 is 18.4. The third-order valence-corrected chi connectivity index (χ3v) is 3.64. The van der Waals surface area contributed by atoms with Crippen molar-refractivity contribution < 1.29 is 9.13 Å². The van der Waals surface area contributed by atoms with Gasteiger partial charge in [-0.05, 0) is 43.2 Å². The van der Waals surface area contributed by atoms with Gasteiger partial charge in [-0.2, -0.15) is 0 Å². The van der Waals surface area contributed by atoms with Gasteiger partial charge in [0.05, 0.1) is 7.11 Å². The van der Waals surface area contributed by atoms with Crippen LogP contribution < -0.4 is 10.1 Å². The van der Waals surface area contributed by atoms with Gasteiger partial charge in [-0.15, -0.1) is 0 Å². The number of hydrogen-bond donors (Lipinski definition) is 1. The fourth-order valence-corrected chi connectivity index (χ4v) is 2.42. The van der Waals surface area contributed by atoms with Gasteiger partial charge in [-0.3, -0.25) is 0 Å². The average Bonchev–Trinajstić information content (AvgIpc) is 2.40. The van der Waals surface area contributed by atoms with Gasteiger partial charge in [-0.25, -0.2) is 4.39 Å². The number of halogens is 2. The summed E-state index contributed by atoms with van der Waals surface area (Å²) >= 11 is 6.01. The van der Waals surface area contributed by atoms with Crippen LogP contribution in [0.1, 0.15) is 16.7 Å². The highest BCUT2D eigenvalue weighted by atomic mass is 35.5. The Morgan fingerprint density at radius 1 is 1.20 bits per heavy atom. The Morgan fingerprint density at radius 3 is 2.60 bits per heavy atom. The van der Waals surface area contributed by atoms with Crippen LogP contribution >= 0.6 is 11.6 Å². The Bertz CT molecular complexity index is 628. The second-order valence-electron chi connectivity index (χ2n) is 4.68. The van der Waals surface area contributed by atoms with Crippen LogP contribution in [0, 0.1) is 19.7 Å². The number of aryl methyl sites for hydroxylation is 1. The average molecular weight is 294 g/mol. The van der Waals surface area contributed by atoms with Crippen molar-refractivity contribution in [1.82, 2.24) is 0 Å². The second-order valence-corrected chi connectivity index (χ2v) is 5.08. The molecular formula is C16H17ClFNO. The Kier molecular flexibility index (Phi) is 4.50. The fraction of sp³-hybridized carbons (Fsp3) is 0.250. The summed E-state index contributed by atoms with van der Waals surface area (Å²) in [6, 6.07) is 8.42. The minimum Gasteiger partial charge on any atom is -0.496 e. The lowest BCUT2D eigenvalue weighted by molar-refractivity contribution is 0.409. The number of anilines is 1. The fourth-order valence-electron chi connectivity index (χ4n) is 2.19. The molecule has 1 N–H and O–H groups in total. The van der Waals surface area contributed by atoms with Crippen LogP contribution in [-0.4, -0.2) is 7.11 Å². The SMILES string of the molecule is COc1c(C)ccc(NCc2ccc(F)cc2Cl)c1C. The van der Waals surface area contributed by atoms with Crippen LogP contribution in [0.25, 0.3) is 0 Å². The van der Waals surface area contributed by atoms with E-state index in [1.54, 1.807) is 13.2 Å². The van der Waals surface area contributed by atoms with E-state index in [1.807, 2.05) is 26.0 Å². The standard InChI is InChI=1S/C16H17ClFNO/c1-10-4-7-15(11(2)16(10)20-3)19-9-12-5-6-13(18)8-14(12)17/h4-8,19H,9H2,1-3H3. The molecule has 0 amide bonds. The zero-order valence-corrected chi connectivity index (χ0v) is 12.5. The van der Waals surface area contributed by atoms with Gasteiger partial charge in [0, 0.05) is 22.8 Å². The molecule has 0 aliphatic carbocycles. The summed E-state index contributed by atoms with van der Waals surface area (Å²) in [4.78, 5) is 0. The van der Waals surface area contributed by atoms with Gasteiger partial charge < -0.3 is 10.1 Å². The van der Waals surface area contributed by atoms with Crippen molar-refractivity contribution in [3.8, 4) is 5.75 Å². The first kappa shape index (κ1) is 14.7. The first-order valence-corrected chi connectivity index (χ1v) is 6.72. The number of methoxy groups -OCH3 is 1. The summed E-state index contributed by atoms with van der Waals surface area (Å²) in [5.74, 6) is 0.548. The van der Waals surface area contributed by atoms with Crippen LogP contribution in [-0.2, 0) is 6.54 Å². The lowest BCUT2D eigenvalue weighted by atomic mass is 10.1. The molecule has 0 saturated carbocycles. The molecule has 0 fully saturated rings. The molecule has 2 rings (SSSR count). The zero-order valence-electron chi connectivity index (χ0n) is 11.8. The van der Waals surface area contributed by atoms with E-state index < -0.39 is 0 Å². The number of benzene rings is 2. The minimum atomic E-state index is -0.327. The molecule has 0 spiro atoms. The molecular weight excluding hydrogens is 277 g/mol. The van der Waals surface area contributed by atoms with E-state index in [9.17, 15) is 4.39 Å². The minimum absolute atomic E-state index is 0.327. The Hall–Kier alpha value is -1.74. The predicted octanol–water partition coefficient (Wildman–Crippen LogP) is 4.72. The van der Waals surface area contributed by atoms with Crippen LogP contribution in [0.2, 0.25) is 5.02 Å². The van der Waals surface area contributed by atoms with Crippen LogP contribution in [0.3, 0.4) is 0 Å². The molecule has 4 heteroatoms. The summed E-state index contributed by atoms with van der Waals surface area (Å²) in [5.41, 5.74) is 3.97. The molecule has 0 bridgehead atoms. The van der Waals surface area contributed by atoms with Gasteiger partial charge >= 0.3 is 0 Å². The monoisotopic (exact) mass is 293 g/mol. The summed E-state index contributed by atoms with van der Waals surface area (Å²) in [5, 5.41) is 3.73. The Labute approximate surface area is 123 Å². The van der Waals surface area contributed by atoms with E-state index in [1.165, 1.54) is 12.1 Å². The van der Waals surface area contributed by atoms with Crippen LogP contribution in [0.4, 0.5) is 10.1 Å². The summed E-state index contributed by atoms with van der Waals surface area (Å²) in [6.07, 6.45) is 0. The normalized spacial score (nSPS) is 10.4. The largest absolute Gasteiger partial charge is 0.496 e. The molecule has 0 aliphatic heterocycles. The third kappa shape index (κ3) is 3.05. The molecule has 106 valence electrons. The van der Waals surface area contributed by atoms with Crippen LogP contribution in [0.5, 0.6) is 5.75 Å². The molecule has 0 saturated heterocycles. The van der Waals surface area contributed by atoms with Gasteiger partial charge in [0.15, 0.2) is 0 Å². The van der Waals surface area contributed by atoms with Crippen molar-refractivity contribution in [2.24, 2.45) is 0 Å². The van der Waals surface area contributed by atoms with Gasteiger partial charge in [0.1, 0.15) is 11.6 Å². The lowest BCUT2D eigenvalue weighted by Crippen LogP contribution is -2.03.